The Hall–Kier alpha value is -0.940. The second kappa shape index (κ2) is 5.60. The number of nitrogens with two attached hydrogens (primary N) is 1. The molecule has 0 aliphatic heterocycles. The van der Waals surface area contributed by atoms with E-state index in [9.17, 15) is 0 Å². The maximum absolute atomic E-state index is 8.86. The molecule has 5 nitrogen and oxygen atoms in total. The van der Waals surface area contributed by atoms with Crippen LogP contribution in [-0.4, -0.2) is 28.4 Å². The molecule has 96 valence electrons. The Kier molecular flexibility index (Phi) is 4.12. The van der Waals surface area contributed by atoms with Gasteiger partial charge in [0.25, 0.3) is 0 Å². The van der Waals surface area contributed by atoms with Crippen molar-refractivity contribution in [2.45, 2.75) is 50.4 Å². The van der Waals surface area contributed by atoms with Gasteiger partial charge in [0.05, 0.1) is 12.0 Å². The number of aliphatic hydroxyl groups is 1. The topological polar surface area (TPSA) is 85.2 Å². The van der Waals surface area contributed by atoms with Gasteiger partial charge >= 0.3 is 0 Å². The molecule has 2 rings (SSSR count). The second-order valence-corrected chi connectivity index (χ2v) is 4.89. The van der Waals surface area contributed by atoms with Crippen LogP contribution in [0.3, 0.4) is 0 Å². The van der Waals surface area contributed by atoms with Gasteiger partial charge in [0.2, 0.25) is 5.89 Å². The van der Waals surface area contributed by atoms with Crippen LogP contribution in [0.4, 0.5) is 0 Å². The molecule has 0 atom stereocenters. The number of hydrogen-bond acceptors (Lipinski definition) is 5. The first-order chi connectivity index (χ1) is 8.30. The molecule has 0 amide bonds. The van der Waals surface area contributed by atoms with Crippen molar-refractivity contribution in [3.05, 3.63) is 11.7 Å². The molecule has 1 aliphatic carbocycles. The van der Waals surface area contributed by atoms with Crippen LogP contribution in [0, 0.1) is 0 Å². The predicted octanol–water partition coefficient (Wildman–Crippen LogP) is 1.16. The first-order valence-corrected chi connectivity index (χ1v) is 6.45. The van der Waals surface area contributed by atoms with Gasteiger partial charge in [-0.3, -0.25) is 0 Å². The fraction of sp³-hybridized carbons (Fsp3) is 0.833. The summed E-state index contributed by atoms with van der Waals surface area (Å²) in [5, 5.41) is 12.8. The molecule has 1 saturated carbocycles. The summed E-state index contributed by atoms with van der Waals surface area (Å²) < 4.78 is 5.35. The quantitative estimate of drug-likeness (QED) is 0.770. The highest BCUT2D eigenvalue weighted by Crippen LogP contribution is 2.36. The SMILES string of the molecule is NCC1(c2nc(CCO)no2)CCCCCC1. The van der Waals surface area contributed by atoms with Crippen LogP contribution in [0.15, 0.2) is 4.52 Å². The number of nitrogens with zero attached hydrogens (tertiary/aromatic N) is 2. The Morgan fingerprint density at radius 3 is 2.53 bits per heavy atom. The first kappa shape index (κ1) is 12.5. The van der Waals surface area contributed by atoms with E-state index >= 15 is 0 Å². The summed E-state index contributed by atoms with van der Waals surface area (Å²) in [5.41, 5.74) is 5.82. The van der Waals surface area contributed by atoms with E-state index < -0.39 is 0 Å². The molecule has 0 saturated heterocycles. The van der Waals surface area contributed by atoms with Crippen molar-refractivity contribution in [1.29, 1.82) is 0 Å². The third-order valence-corrected chi connectivity index (χ3v) is 3.71. The molecule has 0 bridgehead atoms. The van der Waals surface area contributed by atoms with Crippen molar-refractivity contribution >= 4 is 0 Å². The zero-order valence-electron chi connectivity index (χ0n) is 10.2. The Morgan fingerprint density at radius 1 is 1.24 bits per heavy atom. The molecule has 0 radical (unpaired) electrons. The van der Waals surface area contributed by atoms with Crippen LogP contribution in [0.25, 0.3) is 0 Å². The van der Waals surface area contributed by atoms with Crippen molar-refractivity contribution in [3.8, 4) is 0 Å². The predicted molar refractivity (Wildman–Crippen MR) is 63.5 cm³/mol. The molecule has 5 heteroatoms. The van der Waals surface area contributed by atoms with Crippen LogP contribution < -0.4 is 5.73 Å². The third kappa shape index (κ3) is 2.66. The summed E-state index contributed by atoms with van der Waals surface area (Å²) >= 11 is 0. The summed E-state index contributed by atoms with van der Waals surface area (Å²) in [6.07, 6.45) is 7.39. The molecule has 1 aromatic heterocycles. The molecule has 0 aromatic carbocycles. The molecule has 1 aromatic rings. The molecule has 1 fully saturated rings. The van der Waals surface area contributed by atoms with Gasteiger partial charge in [-0.1, -0.05) is 30.8 Å². The van der Waals surface area contributed by atoms with Crippen molar-refractivity contribution in [2.24, 2.45) is 5.73 Å². The van der Waals surface area contributed by atoms with Crippen LogP contribution >= 0.6 is 0 Å². The zero-order chi connectivity index (χ0) is 12.1. The van der Waals surface area contributed by atoms with Crippen LogP contribution in [0.1, 0.15) is 50.2 Å². The average molecular weight is 239 g/mol. The number of rotatable bonds is 4. The van der Waals surface area contributed by atoms with Gasteiger partial charge in [-0.2, -0.15) is 4.98 Å². The Labute approximate surface area is 101 Å². The van der Waals surface area contributed by atoms with Gasteiger partial charge < -0.3 is 15.4 Å². The maximum Gasteiger partial charge on any atom is 0.234 e. The lowest BCUT2D eigenvalue weighted by Gasteiger charge is -2.26. The zero-order valence-corrected chi connectivity index (χ0v) is 10.2. The highest BCUT2D eigenvalue weighted by molar-refractivity contribution is 5.07. The summed E-state index contributed by atoms with van der Waals surface area (Å²) in [5.74, 6) is 1.25. The number of hydrogen-bond donors (Lipinski definition) is 2. The summed E-state index contributed by atoms with van der Waals surface area (Å²) in [6.45, 7) is 0.613. The number of aliphatic hydroxyl groups excluding tert-OH is 1. The minimum absolute atomic E-state index is 0.0502. The Morgan fingerprint density at radius 2 is 1.94 bits per heavy atom. The number of aromatic nitrogens is 2. The van der Waals surface area contributed by atoms with Crippen molar-refractivity contribution < 1.29 is 9.63 Å². The summed E-state index contributed by atoms with van der Waals surface area (Å²) in [7, 11) is 0. The third-order valence-electron chi connectivity index (χ3n) is 3.71. The van der Waals surface area contributed by atoms with E-state index in [4.69, 9.17) is 15.4 Å². The molecular weight excluding hydrogens is 218 g/mol. The lowest BCUT2D eigenvalue weighted by molar-refractivity contribution is 0.254. The fourth-order valence-electron chi connectivity index (χ4n) is 2.58. The minimum Gasteiger partial charge on any atom is -0.396 e. The smallest absolute Gasteiger partial charge is 0.234 e. The standard InChI is InChI=1S/C12H21N3O2/c13-9-12(6-3-1-2-4-7-12)11-14-10(5-8-16)15-17-11/h16H,1-9,13H2. The van der Waals surface area contributed by atoms with Gasteiger partial charge in [0, 0.05) is 13.0 Å². The average Bonchev–Trinajstić information content (AvgIpc) is 2.68. The van der Waals surface area contributed by atoms with Crippen molar-refractivity contribution in [1.82, 2.24) is 10.1 Å². The van der Waals surface area contributed by atoms with E-state index in [1.165, 1.54) is 25.7 Å². The molecule has 1 heterocycles. The van der Waals surface area contributed by atoms with Crippen LogP contribution in [0.2, 0.25) is 0 Å². The van der Waals surface area contributed by atoms with E-state index in [0.29, 0.717) is 24.7 Å². The van der Waals surface area contributed by atoms with E-state index in [-0.39, 0.29) is 12.0 Å². The largest absolute Gasteiger partial charge is 0.396 e. The molecule has 0 spiro atoms. The van der Waals surface area contributed by atoms with Gasteiger partial charge in [-0.05, 0) is 12.8 Å². The van der Waals surface area contributed by atoms with Gasteiger partial charge in [0.15, 0.2) is 5.82 Å². The van der Waals surface area contributed by atoms with Gasteiger partial charge in [-0.15, -0.1) is 0 Å². The summed E-state index contributed by atoms with van der Waals surface area (Å²) in [4.78, 5) is 4.39. The summed E-state index contributed by atoms with van der Waals surface area (Å²) in [6, 6.07) is 0. The van der Waals surface area contributed by atoms with Crippen LogP contribution in [0.5, 0.6) is 0 Å². The van der Waals surface area contributed by atoms with Crippen LogP contribution in [-0.2, 0) is 11.8 Å². The van der Waals surface area contributed by atoms with E-state index in [1.807, 2.05) is 0 Å². The normalized spacial score (nSPS) is 20.1. The molecule has 17 heavy (non-hydrogen) atoms. The highest BCUT2D eigenvalue weighted by Gasteiger charge is 2.36. The maximum atomic E-state index is 8.86. The lowest BCUT2D eigenvalue weighted by atomic mass is 9.80. The second-order valence-electron chi connectivity index (χ2n) is 4.89. The molecule has 1 aliphatic rings. The van der Waals surface area contributed by atoms with Gasteiger partial charge in [0.1, 0.15) is 0 Å². The monoisotopic (exact) mass is 239 g/mol. The molecular formula is C12H21N3O2. The fourth-order valence-corrected chi connectivity index (χ4v) is 2.58. The first-order valence-electron chi connectivity index (χ1n) is 6.45. The minimum atomic E-state index is -0.128. The Bertz CT molecular complexity index is 343. The van der Waals surface area contributed by atoms with Crippen molar-refractivity contribution in [3.63, 3.8) is 0 Å². The van der Waals surface area contributed by atoms with Crippen molar-refractivity contribution in [2.75, 3.05) is 13.2 Å². The Balaban J connectivity index is 2.19. The van der Waals surface area contributed by atoms with E-state index in [1.54, 1.807) is 0 Å². The van der Waals surface area contributed by atoms with Gasteiger partial charge in [-0.25, -0.2) is 0 Å². The highest BCUT2D eigenvalue weighted by atomic mass is 16.5. The lowest BCUT2D eigenvalue weighted by Crippen LogP contribution is -2.35. The van der Waals surface area contributed by atoms with E-state index in [2.05, 4.69) is 10.1 Å². The molecule has 3 N–H and O–H groups in total. The molecule has 0 unspecified atom stereocenters. The van der Waals surface area contributed by atoms with E-state index in [0.717, 1.165) is 12.8 Å².